The Morgan fingerprint density at radius 2 is 2.00 bits per heavy atom. The number of piperazine rings is 1. The monoisotopic (exact) mass is 370 g/mol. The molecular formula is C18H22N6OS. The van der Waals surface area contributed by atoms with Gasteiger partial charge in [-0.15, -0.1) is 0 Å². The molecule has 3 heterocycles. The summed E-state index contributed by atoms with van der Waals surface area (Å²) in [7, 11) is 1.89. The topological polar surface area (TPSA) is 66.3 Å². The summed E-state index contributed by atoms with van der Waals surface area (Å²) in [6.45, 7) is 5.46. The maximum Gasteiger partial charge on any atom is 0.317 e. The van der Waals surface area contributed by atoms with E-state index in [2.05, 4.69) is 31.8 Å². The number of urea groups is 1. The third-order valence-electron chi connectivity index (χ3n) is 4.77. The minimum Gasteiger partial charge on any atom is -0.352 e. The third-order valence-corrected chi connectivity index (χ3v) is 5.59. The van der Waals surface area contributed by atoms with E-state index in [1.807, 2.05) is 37.2 Å². The Morgan fingerprint density at radius 3 is 2.73 bits per heavy atom. The molecule has 1 saturated heterocycles. The Labute approximate surface area is 156 Å². The second-order valence-corrected chi connectivity index (χ2v) is 7.35. The van der Waals surface area contributed by atoms with Crippen molar-refractivity contribution >= 4 is 33.5 Å². The maximum absolute atomic E-state index is 12.5. The van der Waals surface area contributed by atoms with E-state index in [4.69, 9.17) is 0 Å². The minimum absolute atomic E-state index is 0.0176. The number of carbonyl (C=O) groups is 1. The molecular weight excluding hydrogens is 348 g/mol. The van der Waals surface area contributed by atoms with Gasteiger partial charge in [0.1, 0.15) is 5.82 Å². The van der Waals surface area contributed by atoms with Gasteiger partial charge >= 0.3 is 6.03 Å². The van der Waals surface area contributed by atoms with Gasteiger partial charge in [0.15, 0.2) is 0 Å². The molecule has 4 rings (SSSR count). The summed E-state index contributed by atoms with van der Waals surface area (Å²) in [6.07, 6.45) is 1.95. The molecule has 2 aromatic heterocycles. The predicted octanol–water partition coefficient (Wildman–Crippen LogP) is 2.37. The number of anilines is 1. The van der Waals surface area contributed by atoms with Crippen molar-refractivity contribution in [3.63, 3.8) is 0 Å². The fourth-order valence-electron chi connectivity index (χ4n) is 3.33. The lowest BCUT2D eigenvalue weighted by Gasteiger charge is -2.35. The van der Waals surface area contributed by atoms with Gasteiger partial charge in [-0.25, -0.2) is 4.79 Å². The molecule has 26 heavy (non-hydrogen) atoms. The van der Waals surface area contributed by atoms with Crippen LogP contribution >= 0.6 is 11.5 Å². The first kappa shape index (κ1) is 16.8. The van der Waals surface area contributed by atoms with Gasteiger partial charge < -0.3 is 15.1 Å². The van der Waals surface area contributed by atoms with E-state index in [9.17, 15) is 4.79 Å². The van der Waals surface area contributed by atoms with Crippen LogP contribution < -0.4 is 10.2 Å². The lowest BCUT2D eigenvalue weighted by Crippen LogP contribution is -2.51. The number of aryl methyl sites for hydroxylation is 2. The quantitative estimate of drug-likeness (QED) is 0.769. The summed E-state index contributed by atoms with van der Waals surface area (Å²) in [5.41, 5.74) is 2.00. The summed E-state index contributed by atoms with van der Waals surface area (Å²) < 4.78 is 7.59. The van der Waals surface area contributed by atoms with Crippen LogP contribution in [0, 0.1) is 6.92 Å². The Balaban J connectivity index is 1.34. The molecule has 0 bridgehead atoms. The molecule has 0 spiro atoms. The number of hydrogen-bond donors (Lipinski definition) is 1. The minimum atomic E-state index is -0.0176. The van der Waals surface area contributed by atoms with Crippen molar-refractivity contribution in [1.29, 1.82) is 0 Å². The number of carbonyl (C=O) groups excluding carboxylic acids is 1. The van der Waals surface area contributed by atoms with Crippen LogP contribution in [0.2, 0.25) is 0 Å². The molecule has 1 fully saturated rings. The molecule has 1 aliphatic rings. The maximum atomic E-state index is 12.5. The fourth-order valence-corrected chi connectivity index (χ4v) is 4.12. The van der Waals surface area contributed by atoms with Crippen molar-refractivity contribution in [3.05, 3.63) is 41.7 Å². The number of nitrogens with zero attached hydrogens (tertiary/aromatic N) is 5. The number of benzene rings is 1. The van der Waals surface area contributed by atoms with Crippen LogP contribution in [0.15, 0.2) is 30.5 Å². The first-order valence-electron chi connectivity index (χ1n) is 8.73. The lowest BCUT2D eigenvalue weighted by molar-refractivity contribution is 0.194. The molecule has 0 atom stereocenters. The highest BCUT2D eigenvalue weighted by atomic mass is 32.1. The van der Waals surface area contributed by atoms with E-state index < -0.39 is 0 Å². The van der Waals surface area contributed by atoms with Gasteiger partial charge in [-0.2, -0.15) is 9.47 Å². The van der Waals surface area contributed by atoms with Crippen LogP contribution in [0.3, 0.4) is 0 Å². The van der Waals surface area contributed by atoms with E-state index in [1.54, 1.807) is 4.68 Å². The summed E-state index contributed by atoms with van der Waals surface area (Å²) in [4.78, 5) is 16.6. The summed E-state index contributed by atoms with van der Waals surface area (Å²) in [5, 5.41) is 8.50. The number of amides is 2. The van der Waals surface area contributed by atoms with E-state index in [0.717, 1.165) is 30.2 Å². The molecule has 3 aromatic rings. The first-order valence-corrected chi connectivity index (χ1v) is 9.50. The zero-order chi connectivity index (χ0) is 18.1. The second kappa shape index (κ2) is 6.95. The molecule has 1 aliphatic heterocycles. The lowest BCUT2D eigenvalue weighted by atomic mass is 10.2. The van der Waals surface area contributed by atoms with Crippen molar-refractivity contribution in [2.24, 2.45) is 7.05 Å². The molecule has 0 aliphatic carbocycles. The van der Waals surface area contributed by atoms with Crippen molar-refractivity contribution in [3.8, 4) is 0 Å². The molecule has 0 saturated carbocycles. The number of fused-ring (bicyclic) bond motifs is 1. The zero-order valence-corrected chi connectivity index (χ0v) is 15.8. The smallest absolute Gasteiger partial charge is 0.317 e. The Kier molecular flexibility index (Phi) is 4.50. The normalized spacial score (nSPS) is 14.8. The second-order valence-electron chi connectivity index (χ2n) is 6.55. The largest absolute Gasteiger partial charge is 0.352 e. The highest BCUT2D eigenvalue weighted by Crippen LogP contribution is 2.29. The van der Waals surface area contributed by atoms with Gasteiger partial charge in [-0.05, 0) is 30.6 Å². The molecule has 136 valence electrons. The zero-order valence-electron chi connectivity index (χ0n) is 15.0. The first-order chi connectivity index (χ1) is 12.6. The molecule has 0 radical (unpaired) electrons. The van der Waals surface area contributed by atoms with Crippen LogP contribution in [0.4, 0.5) is 10.6 Å². The predicted molar refractivity (Wildman–Crippen MR) is 104 cm³/mol. The molecule has 1 aromatic carbocycles. The van der Waals surface area contributed by atoms with Gasteiger partial charge in [0, 0.05) is 56.9 Å². The van der Waals surface area contributed by atoms with Crippen LogP contribution in [0.5, 0.6) is 0 Å². The highest BCUT2D eigenvalue weighted by Gasteiger charge is 2.23. The number of aromatic nitrogens is 3. The van der Waals surface area contributed by atoms with E-state index in [0.29, 0.717) is 19.6 Å². The van der Waals surface area contributed by atoms with Crippen molar-refractivity contribution in [2.75, 3.05) is 31.1 Å². The van der Waals surface area contributed by atoms with Crippen LogP contribution in [-0.4, -0.2) is 51.3 Å². The van der Waals surface area contributed by atoms with Crippen molar-refractivity contribution in [2.45, 2.75) is 13.5 Å². The van der Waals surface area contributed by atoms with E-state index in [-0.39, 0.29) is 6.03 Å². The Morgan fingerprint density at radius 1 is 1.23 bits per heavy atom. The molecule has 1 N–H and O–H groups in total. The fraction of sp³-hybridized carbons (Fsp3) is 0.389. The number of nitrogens with one attached hydrogen (secondary N) is 1. The van der Waals surface area contributed by atoms with Crippen LogP contribution in [0.1, 0.15) is 11.3 Å². The van der Waals surface area contributed by atoms with E-state index >= 15 is 0 Å². The average molecular weight is 370 g/mol. The SMILES string of the molecule is Cc1nn(C)cc1CNC(=O)N1CCN(c2nsc3ccccc23)CC1. The third kappa shape index (κ3) is 3.24. The molecule has 7 nitrogen and oxygen atoms in total. The summed E-state index contributed by atoms with van der Waals surface area (Å²) >= 11 is 1.53. The standard InChI is InChI=1S/C18H22N6OS/c1-13-14(12-22(2)20-13)11-19-18(25)24-9-7-23(8-10-24)17-15-5-3-4-6-16(15)26-21-17/h3-6,12H,7-11H2,1-2H3,(H,19,25). The molecule has 2 amide bonds. The number of hydrogen-bond acceptors (Lipinski definition) is 5. The van der Waals surface area contributed by atoms with Crippen molar-refractivity contribution in [1.82, 2.24) is 24.4 Å². The Hall–Kier alpha value is -2.61. The van der Waals surface area contributed by atoms with Crippen LogP contribution in [-0.2, 0) is 13.6 Å². The van der Waals surface area contributed by atoms with Gasteiger partial charge in [0.05, 0.1) is 10.4 Å². The van der Waals surface area contributed by atoms with Gasteiger partial charge in [0.25, 0.3) is 0 Å². The molecule has 0 unspecified atom stereocenters. The average Bonchev–Trinajstić information content (AvgIpc) is 3.22. The van der Waals surface area contributed by atoms with Gasteiger partial charge in [-0.3, -0.25) is 4.68 Å². The van der Waals surface area contributed by atoms with Gasteiger partial charge in [0.2, 0.25) is 0 Å². The number of rotatable bonds is 3. The summed E-state index contributed by atoms with van der Waals surface area (Å²) in [5.74, 6) is 1.04. The van der Waals surface area contributed by atoms with Crippen molar-refractivity contribution < 1.29 is 4.79 Å². The van der Waals surface area contributed by atoms with Gasteiger partial charge in [-0.1, -0.05) is 12.1 Å². The Bertz CT molecular complexity index is 925. The van der Waals surface area contributed by atoms with Crippen LogP contribution in [0.25, 0.3) is 10.1 Å². The highest BCUT2D eigenvalue weighted by molar-refractivity contribution is 7.13. The molecule has 8 heteroatoms. The van der Waals surface area contributed by atoms with E-state index in [1.165, 1.54) is 21.6 Å². The summed E-state index contributed by atoms with van der Waals surface area (Å²) in [6, 6.07) is 8.28.